The van der Waals surface area contributed by atoms with E-state index in [-0.39, 0.29) is 6.07 Å². The predicted molar refractivity (Wildman–Crippen MR) is 125 cm³/mol. The van der Waals surface area contributed by atoms with E-state index in [1.807, 2.05) is 0 Å². The van der Waals surface area contributed by atoms with Gasteiger partial charge in [0, 0.05) is 14.1 Å². The van der Waals surface area contributed by atoms with E-state index in [4.69, 9.17) is 0 Å². The Hall–Kier alpha value is -4.09. The Balaban J connectivity index is 0.000000934. The molecule has 3 aromatic carbocycles. The van der Waals surface area contributed by atoms with Crippen molar-refractivity contribution in [2.45, 2.75) is 26.2 Å². The zero-order valence-corrected chi connectivity index (χ0v) is 22.7. The van der Waals surface area contributed by atoms with Gasteiger partial charge < -0.3 is 0 Å². The first kappa shape index (κ1) is 33.4. The SMILES string of the molecule is C[Si](C)(C)C.Fc1cc(F)c(-c2nc(-c3c(F)c(F)c(F)c(F)c3F)nc(-c3c(F)c(F)c(F)c(F)c3F)n2)c(F)c1F. The molecule has 0 amide bonds. The van der Waals surface area contributed by atoms with Gasteiger partial charge >= 0.3 is 0 Å². The first-order chi connectivity index (χ1) is 19.7. The summed E-state index contributed by atoms with van der Waals surface area (Å²) in [5.74, 6) is -41.4. The molecule has 0 unspecified atom stereocenters. The third-order valence-corrected chi connectivity index (χ3v) is 4.84. The van der Waals surface area contributed by atoms with Gasteiger partial charge in [-0.1, -0.05) is 26.2 Å². The van der Waals surface area contributed by atoms with Gasteiger partial charge in [-0.25, -0.2) is 76.4 Å². The lowest BCUT2D eigenvalue weighted by Crippen LogP contribution is -2.11. The lowest BCUT2D eigenvalue weighted by atomic mass is 10.1. The summed E-state index contributed by atoms with van der Waals surface area (Å²) in [6.45, 7) is 9.31. The minimum atomic E-state index is -2.72. The molecule has 3 nitrogen and oxygen atoms in total. The molecule has 0 saturated heterocycles. The van der Waals surface area contributed by atoms with Crippen molar-refractivity contribution >= 4 is 8.07 Å². The molecule has 0 atom stereocenters. The normalized spacial score (nSPS) is 11.5. The van der Waals surface area contributed by atoms with Gasteiger partial charge in [0.2, 0.25) is 11.6 Å². The summed E-state index contributed by atoms with van der Waals surface area (Å²) in [5, 5.41) is 0. The Morgan fingerprint density at radius 1 is 0.349 bits per heavy atom. The van der Waals surface area contributed by atoms with Gasteiger partial charge in [0.05, 0.1) is 16.7 Å². The zero-order chi connectivity index (χ0) is 32.9. The van der Waals surface area contributed by atoms with Gasteiger partial charge in [-0.15, -0.1) is 0 Å². The Labute approximate surface area is 232 Å². The Morgan fingerprint density at radius 3 is 0.884 bits per heavy atom. The summed E-state index contributed by atoms with van der Waals surface area (Å²) in [6.07, 6.45) is 0. The van der Waals surface area contributed by atoms with Crippen LogP contribution in [0.1, 0.15) is 0 Å². The summed E-state index contributed by atoms with van der Waals surface area (Å²) < 4.78 is 195. The molecule has 43 heavy (non-hydrogen) atoms. The first-order valence-electron chi connectivity index (χ1n) is 11.3. The van der Waals surface area contributed by atoms with E-state index in [2.05, 4.69) is 41.1 Å². The third kappa shape index (κ3) is 6.32. The number of hydrogen-bond donors (Lipinski definition) is 0. The van der Waals surface area contributed by atoms with Crippen molar-refractivity contribution in [3.05, 3.63) is 87.5 Å². The van der Waals surface area contributed by atoms with Crippen LogP contribution in [0.2, 0.25) is 26.2 Å². The summed E-state index contributed by atoms with van der Waals surface area (Å²) in [5.41, 5.74) is -6.07. The van der Waals surface area contributed by atoms with E-state index in [9.17, 15) is 61.5 Å². The van der Waals surface area contributed by atoms with Gasteiger partial charge in [-0.05, 0) is 0 Å². The highest BCUT2D eigenvalue weighted by Gasteiger charge is 2.33. The van der Waals surface area contributed by atoms with Crippen molar-refractivity contribution < 1.29 is 61.5 Å². The van der Waals surface area contributed by atoms with E-state index in [1.54, 1.807) is 0 Å². The molecule has 0 bridgehead atoms. The van der Waals surface area contributed by atoms with Crippen LogP contribution in [-0.2, 0) is 0 Å². The smallest absolute Gasteiger partial charge is 0.200 e. The van der Waals surface area contributed by atoms with Crippen molar-refractivity contribution in [3.63, 3.8) is 0 Å². The molecule has 18 heteroatoms. The highest BCUT2D eigenvalue weighted by molar-refractivity contribution is 6.74. The van der Waals surface area contributed by atoms with Gasteiger partial charge in [0.25, 0.3) is 0 Å². The average molecular weight is 649 g/mol. The molecule has 0 N–H and O–H groups in total. The van der Waals surface area contributed by atoms with Gasteiger partial charge in [-0.2, -0.15) is 0 Å². The van der Waals surface area contributed by atoms with E-state index < -0.39 is 124 Å². The summed E-state index contributed by atoms with van der Waals surface area (Å²) in [4.78, 5) is 8.99. The fourth-order valence-corrected chi connectivity index (χ4v) is 3.08. The second-order valence-electron chi connectivity index (χ2n) is 10.0. The van der Waals surface area contributed by atoms with Crippen LogP contribution in [0.15, 0.2) is 6.07 Å². The van der Waals surface area contributed by atoms with Gasteiger partial charge in [0.1, 0.15) is 5.82 Å². The standard InChI is InChI=1S/C21HF14N3.C4H12Si/c22-2-1-3(23)7(24)8(25)4(2)19-36-20(5-9(26)13(30)17(34)14(31)10(5)27)38-21(37-19)6-11(28)15(32)18(35)16(33)12(6)29;1-5(2,3)4/h1H;1-4H3. The highest BCUT2D eigenvalue weighted by atomic mass is 28.3. The number of benzene rings is 3. The molecule has 0 saturated carbocycles. The van der Waals surface area contributed by atoms with Crippen LogP contribution in [0, 0.1) is 81.4 Å². The first-order valence-corrected chi connectivity index (χ1v) is 15.3. The van der Waals surface area contributed by atoms with Crippen LogP contribution in [-0.4, -0.2) is 23.0 Å². The minimum absolute atomic E-state index is 0.326. The molecule has 1 heterocycles. The molecule has 230 valence electrons. The van der Waals surface area contributed by atoms with Crippen molar-refractivity contribution in [2.24, 2.45) is 0 Å². The monoisotopic (exact) mass is 649 g/mol. The molecule has 0 fully saturated rings. The predicted octanol–water partition coefficient (Wildman–Crippen LogP) is 8.77. The Kier molecular flexibility index (Phi) is 9.24. The summed E-state index contributed by atoms with van der Waals surface area (Å²) in [6, 6.07) is -0.326. The lowest BCUT2D eigenvalue weighted by Gasteiger charge is -2.13. The number of hydrogen-bond acceptors (Lipinski definition) is 3. The molecular formula is C25H13F14N3Si. The van der Waals surface area contributed by atoms with E-state index in [1.165, 1.54) is 0 Å². The van der Waals surface area contributed by atoms with Crippen LogP contribution in [0.5, 0.6) is 0 Å². The Bertz CT molecular complexity index is 1620. The lowest BCUT2D eigenvalue weighted by molar-refractivity contribution is 0.380. The second kappa shape index (κ2) is 11.9. The van der Waals surface area contributed by atoms with E-state index in [0.717, 1.165) is 0 Å². The zero-order valence-electron chi connectivity index (χ0n) is 21.7. The number of aromatic nitrogens is 3. The van der Waals surface area contributed by atoms with Crippen molar-refractivity contribution in [1.82, 2.24) is 15.0 Å². The average Bonchev–Trinajstić information content (AvgIpc) is 2.91. The molecule has 0 radical (unpaired) electrons. The number of rotatable bonds is 3. The fraction of sp³-hybridized carbons (Fsp3) is 0.160. The molecule has 4 rings (SSSR count). The summed E-state index contributed by atoms with van der Waals surface area (Å²) in [7, 11) is -0.611. The summed E-state index contributed by atoms with van der Waals surface area (Å²) >= 11 is 0. The number of nitrogens with zero attached hydrogens (tertiary/aromatic N) is 3. The van der Waals surface area contributed by atoms with Crippen molar-refractivity contribution in [3.8, 4) is 34.2 Å². The molecular weight excluding hydrogens is 636 g/mol. The molecule has 0 aliphatic carbocycles. The molecule has 1 aromatic heterocycles. The fourth-order valence-electron chi connectivity index (χ4n) is 3.08. The third-order valence-electron chi connectivity index (χ3n) is 4.84. The highest BCUT2D eigenvalue weighted by Crippen LogP contribution is 2.36. The van der Waals surface area contributed by atoms with E-state index >= 15 is 0 Å². The molecule has 0 aliphatic heterocycles. The van der Waals surface area contributed by atoms with Crippen molar-refractivity contribution in [1.29, 1.82) is 0 Å². The van der Waals surface area contributed by atoms with Crippen LogP contribution in [0.25, 0.3) is 34.2 Å². The molecule has 0 aliphatic rings. The van der Waals surface area contributed by atoms with E-state index in [0.29, 0.717) is 0 Å². The topological polar surface area (TPSA) is 38.7 Å². The quantitative estimate of drug-likeness (QED) is 0.0965. The second-order valence-corrected chi connectivity index (χ2v) is 16.0. The molecule has 4 aromatic rings. The number of halogens is 14. The van der Waals surface area contributed by atoms with Crippen molar-refractivity contribution in [2.75, 3.05) is 0 Å². The van der Waals surface area contributed by atoms with Crippen LogP contribution < -0.4 is 0 Å². The maximum absolute atomic E-state index is 14.4. The van der Waals surface area contributed by atoms with Gasteiger partial charge in [-0.3, -0.25) is 0 Å². The van der Waals surface area contributed by atoms with Crippen LogP contribution >= 0.6 is 0 Å². The largest absolute Gasteiger partial charge is 0.208 e. The maximum atomic E-state index is 14.4. The maximum Gasteiger partial charge on any atom is 0.200 e. The van der Waals surface area contributed by atoms with Gasteiger partial charge in [0.15, 0.2) is 81.5 Å². The van der Waals surface area contributed by atoms with Crippen LogP contribution in [0.4, 0.5) is 61.5 Å². The Morgan fingerprint density at radius 2 is 0.581 bits per heavy atom. The molecule has 0 spiro atoms. The van der Waals surface area contributed by atoms with Crippen LogP contribution in [0.3, 0.4) is 0 Å². The minimum Gasteiger partial charge on any atom is -0.208 e.